The molecule has 80 valence electrons. The van der Waals surface area contributed by atoms with E-state index in [0.717, 1.165) is 18.5 Å². The zero-order valence-corrected chi connectivity index (χ0v) is 8.97. The van der Waals surface area contributed by atoms with Crippen molar-refractivity contribution >= 4 is 0 Å². The van der Waals surface area contributed by atoms with Gasteiger partial charge in [0.2, 0.25) is 0 Å². The zero-order chi connectivity index (χ0) is 11.0. The average molecular weight is 199 g/mol. The van der Waals surface area contributed by atoms with Crippen molar-refractivity contribution in [1.82, 2.24) is 5.32 Å². The minimum atomic E-state index is -0.552. The molecule has 0 amide bonds. The highest BCUT2D eigenvalue weighted by molar-refractivity contribution is 5.28. The molecule has 1 aromatic carbocycles. The Morgan fingerprint density at radius 1 is 1.36 bits per heavy atom. The van der Waals surface area contributed by atoms with Crippen LogP contribution >= 0.6 is 0 Å². The summed E-state index contributed by atoms with van der Waals surface area (Å²) >= 11 is 0. The van der Waals surface area contributed by atoms with Gasteiger partial charge >= 0.3 is 0 Å². The van der Waals surface area contributed by atoms with Crippen molar-refractivity contribution in [3.05, 3.63) is 29.6 Å². The fourth-order valence-electron chi connectivity index (χ4n) is 0.975. The number of rotatable bonds is 3. The molecule has 0 unspecified atom stereocenters. The van der Waals surface area contributed by atoms with E-state index in [9.17, 15) is 4.39 Å². The second-order valence-corrected chi connectivity index (χ2v) is 2.64. The van der Waals surface area contributed by atoms with Gasteiger partial charge in [0.25, 0.3) is 0 Å². The van der Waals surface area contributed by atoms with E-state index in [1.54, 1.807) is 6.07 Å². The molecule has 0 heterocycles. The van der Waals surface area contributed by atoms with Crippen molar-refractivity contribution in [2.75, 3.05) is 13.6 Å². The van der Waals surface area contributed by atoms with Gasteiger partial charge in [0.05, 0.1) is 0 Å². The predicted molar refractivity (Wildman–Crippen MR) is 57.0 cm³/mol. The van der Waals surface area contributed by atoms with E-state index in [4.69, 9.17) is 5.11 Å². The molecule has 0 atom stereocenters. The first-order valence-electron chi connectivity index (χ1n) is 4.86. The van der Waals surface area contributed by atoms with E-state index in [1.807, 2.05) is 20.9 Å². The summed E-state index contributed by atoms with van der Waals surface area (Å²) in [5.41, 5.74) is 0.889. The number of hydrogen-bond acceptors (Lipinski definition) is 2. The molecule has 0 aliphatic heterocycles. The molecule has 0 aromatic heterocycles. The van der Waals surface area contributed by atoms with Crippen LogP contribution in [0.1, 0.15) is 19.4 Å². The third-order valence-electron chi connectivity index (χ3n) is 1.68. The van der Waals surface area contributed by atoms with Gasteiger partial charge in [-0.1, -0.05) is 19.9 Å². The van der Waals surface area contributed by atoms with Crippen LogP contribution in [-0.4, -0.2) is 18.7 Å². The summed E-state index contributed by atoms with van der Waals surface area (Å²) in [5.74, 6) is -0.841. The smallest absolute Gasteiger partial charge is 0.165 e. The Bertz CT molecular complexity index is 263. The molecule has 0 fully saturated rings. The Morgan fingerprint density at radius 2 is 2.00 bits per heavy atom. The minimum Gasteiger partial charge on any atom is -0.505 e. The second-order valence-electron chi connectivity index (χ2n) is 2.64. The largest absolute Gasteiger partial charge is 0.505 e. The number of hydrogen-bond donors (Lipinski definition) is 2. The van der Waals surface area contributed by atoms with Crippen LogP contribution in [0.4, 0.5) is 4.39 Å². The van der Waals surface area contributed by atoms with Gasteiger partial charge in [-0.2, -0.15) is 0 Å². The molecule has 0 radical (unpaired) electrons. The molecule has 3 heteroatoms. The highest BCUT2D eigenvalue weighted by Crippen LogP contribution is 2.15. The third-order valence-corrected chi connectivity index (χ3v) is 1.68. The normalized spacial score (nSPS) is 9.14. The Labute approximate surface area is 84.8 Å². The molecule has 1 rings (SSSR count). The molecule has 0 aliphatic rings. The summed E-state index contributed by atoms with van der Waals surface area (Å²) in [6.07, 6.45) is 0.772. The van der Waals surface area contributed by atoms with Crippen LogP contribution in [0, 0.1) is 5.82 Å². The molecule has 1 aromatic rings. The van der Waals surface area contributed by atoms with E-state index in [2.05, 4.69) is 5.32 Å². The first-order chi connectivity index (χ1) is 6.74. The monoisotopic (exact) mass is 199 g/mol. The Hall–Kier alpha value is -1.09. The first kappa shape index (κ1) is 12.9. The topological polar surface area (TPSA) is 32.3 Å². The third kappa shape index (κ3) is 4.23. The lowest BCUT2D eigenvalue weighted by molar-refractivity contribution is 0.432. The molecular weight excluding hydrogens is 181 g/mol. The van der Waals surface area contributed by atoms with Crippen LogP contribution in [0.15, 0.2) is 18.2 Å². The maximum Gasteiger partial charge on any atom is 0.165 e. The van der Waals surface area contributed by atoms with Crippen LogP contribution in [0.5, 0.6) is 5.75 Å². The molecule has 2 N–H and O–H groups in total. The lowest BCUT2D eigenvalue weighted by Crippen LogP contribution is -2.10. The van der Waals surface area contributed by atoms with Crippen LogP contribution < -0.4 is 5.32 Å². The number of aromatic hydroxyl groups is 1. The number of phenolic OH excluding ortho intramolecular Hbond substituents is 1. The van der Waals surface area contributed by atoms with Gasteiger partial charge in [0, 0.05) is 0 Å². The summed E-state index contributed by atoms with van der Waals surface area (Å²) in [5, 5.41) is 11.8. The summed E-state index contributed by atoms with van der Waals surface area (Å²) < 4.78 is 12.7. The molecular formula is C11H18FNO. The molecule has 0 aliphatic carbocycles. The fourth-order valence-corrected chi connectivity index (χ4v) is 0.975. The van der Waals surface area contributed by atoms with Crippen LogP contribution in [0.2, 0.25) is 0 Å². The molecule has 0 spiro atoms. The summed E-state index contributed by atoms with van der Waals surface area (Å²) in [6, 6.07) is 4.45. The Morgan fingerprint density at radius 3 is 2.50 bits per heavy atom. The predicted octanol–water partition coefficient (Wildman–Crippen LogP) is 2.32. The van der Waals surface area contributed by atoms with Crippen molar-refractivity contribution in [2.45, 2.75) is 20.3 Å². The van der Waals surface area contributed by atoms with Gasteiger partial charge in [-0.25, -0.2) is 4.39 Å². The summed E-state index contributed by atoms with van der Waals surface area (Å²) in [6.45, 7) is 4.81. The fraction of sp³-hybridized carbons (Fsp3) is 0.455. The molecule has 0 saturated carbocycles. The SMILES string of the molecule is CC.CNCCc1ccc(O)c(F)c1. The van der Waals surface area contributed by atoms with Crippen molar-refractivity contribution in [1.29, 1.82) is 0 Å². The quantitative estimate of drug-likeness (QED) is 0.783. The molecule has 2 nitrogen and oxygen atoms in total. The molecule has 0 saturated heterocycles. The standard InChI is InChI=1S/C9H12FNO.C2H6/c1-11-5-4-7-2-3-9(12)8(10)6-7;1-2/h2-3,6,11-12H,4-5H2,1H3;1-2H3. The van der Waals surface area contributed by atoms with Crippen LogP contribution in [0.3, 0.4) is 0 Å². The minimum absolute atomic E-state index is 0.289. The van der Waals surface area contributed by atoms with Gasteiger partial charge in [-0.3, -0.25) is 0 Å². The van der Waals surface area contributed by atoms with Gasteiger partial charge in [0.15, 0.2) is 11.6 Å². The van der Waals surface area contributed by atoms with Crippen LogP contribution in [-0.2, 0) is 6.42 Å². The lowest BCUT2D eigenvalue weighted by atomic mass is 10.1. The molecule has 14 heavy (non-hydrogen) atoms. The number of benzene rings is 1. The summed E-state index contributed by atoms with van der Waals surface area (Å²) in [4.78, 5) is 0. The van der Waals surface area contributed by atoms with Crippen molar-refractivity contribution < 1.29 is 9.50 Å². The Balaban J connectivity index is 0.000000791. The summed E-state index contributed by atoms with van der Waals surface area (Å²) in [7, 11) is 1.84. The maximum atomic E-state index is 12.7. The van der Waals surface area contributed by atoms with Crippen LogP contribution in [0.25, 0.3) is 0 Å². The van der Waals surface area contributed by atoms with Crippen molar-refractivity contribution in [3.63, 3.8) is 0 Å². The zero-order valence-electron chi connectivity index (χ0n) is 8.97. The Kier molecular flexibility index (Phi) is 6.76. The second kappa shape index (κ2) is 7.33. The van der Waals surface area contributed by atoms with Gasteiger partial charge in [-0.15, -0.1) is 0 Å². The number of nitrogens with one attached hydrogen (secondary N) is 1. The number of phenols is 1. The van der Waals surface area contributed by atoms with E-state index in [-0.39, 0.29) is 5.75 Å². The highest BCUT2D eigenvalue weighted by atomic mass is 19.1. The van der Waals surface area contributed by atoms with Gasteiger partial charge in [0.1, 0.15) is 0 Å². The van der Waals surface area contributed by atoms with E-state index >= 15 is 0 Å². The average Bonchev–Trinajstić information content (AvgIpc) is 2.23. The number of likely N-dealkylation sites (N-methyl/N-ethyl adjacent to an activating group) is 1. The van der Waals surface area contributed by atoms with E-state index in [0.29, 0.717) is 0 Å². The molecule has 0 bridgehead atoms. The van der Waals surface area contributed by atoms with Gasteiger partial charge in [-0.05, 0) is 37.7 Å². The van der Waals surface area contributed by atoms with Gasteiger partial charge < -0.3 is 10.4 Å². The van der Waals surface area contributed by atoms with Crippen molar-refractivity contribution in [3.8, 4) is 5.75 Å². The van der Waals surface area contributed by atoms with E-state index < -0.39 is 5.82 Å². The van der Waals surface area contributed by atoms with Crippen molar-refractivity contribution in [2.24, 2.45) is 0 Å². The number of halogens is 1. The first-order valence-corrected chi connectivity index (χ1v) is 4.86. The highest BCUT2D eigenvalue weighted by Gasteiger charge is 2.00. The lowest BCUT2D eigenvalue weighted by Gasteiger charge is -2.01. The maximum absolute atomic E-state index is 12.7. The van der Waals surface area contributed by atoms with E-state index in [1.165, 1.54) is 12.1 Å².